The maximum absolute atomic E-state index is 11.8. The molecule has 0 saturated carbocycles. The summed E-state index contributed by atoms with van der Waals surface area (Å²) in [4.78, 5) is 15.1. The number of sulfonamides is 1. The first-order valence-electron chi connectivity index (χ1n) is 6.41. The van der Waals surface area contributed by atoms with Crippen molar-refractivity contribution in [3.8, 4) is 0 Å². The van der Waals surface area contributed by atoms with Gasteiger partial charge in [0.2, 0.25) is 5.91 Å². The number of nitrogens with zero attached hydrogens (tertiary/aromatic N) is 1. The minimum Gasteiger partial charge on any atom is -0.274 e. The number of hydrogen-bond donors (Lipinski definition) is 1. The van der Waals surface area contributed by atoms with E-state index in [9.17, 15) is 13.2 Å². The Morgan fingerprint density at radius 1 is 1.13 bits per heavy atom. The largest absolute Gasteiger partial charge is 0.274 e. The van der Waals surface area contributed by atoms with E-state index in [4.69, 9.17) is 23.2 Å². The van der Waals surface area contributed by atoms with Crippen LogP contribution in [0.25, 0.3) is 0 Å². The Balaban J connectivity index is 2.22. The number of nitrogens with one attached hydrogen (secondary N) is 1. The van der Waals surface area contributed by atoms with Crippen LogP contribution in [0, 0.1) is 0 Å². The smallest absolute Gasteiger partial charge is 0.264 e. The monoisotopic (exact) mass is 370 g/mol. The molecule has 0 radical (unpaired) electrons. The van der Waals surface area contributed by atoms with Crippen molar-refractivity contribution in [3.63, 3.8) is 0 Å². The maximum Gasteiger partial charge on any atom is 0.264 e. The van der Waals surface area contributed by atoms with Crippen LogP contribution < -0.4 is 4.72 Å². The number of rotatable bonds is 4. The Bertz CT molecular complexity index is 863. The lowest BCUT2D eigenvalue weighted by atomic mass is 10.2. The third-order valence-electron chi connectivity index (χ3n) is 2.76. The molecule has 0 bridgehead atoms. The van der Waals surface area contributed by atoms with Crippen molar-refractivity contribution in [1.82, 2.24) is 4.72 Å². The Labute approximate surface area is 144 Å². The lowest BCUT2D eigenvalue weighted by Gasteiger charge is -2.04. The fourth-order valence-corrected chi connectivity index (χ4v) is 3.07. The lowest BCUT2D eigenvalue weighted by Crippen LogP contribution is -2.28. The Kier molecular flexibility index (Phi) is 5.41. The van der Waals surface area contributed by atoms with Crippen LogP contribution in [0.4, 0.5) is 5.69 Å². The number of amides is 1. The molecular weight excluding hydrogens is 359 g/mol. The van der Waals surface area contributed by atoms with Gasteiger partial charge in [-0.25, -0.2) is 13.1 Å². The molecular formula is C15H12Cl2N2O3S. The topological polar surface area (TPSA) is 75.6 Å². The number of aliphatic imine (C=N–C) groups is 1. The molecule has 23 heavy (non-hydrogen) atoms. The quantitative estimate of drug-likeness (QED) is 0.835. The van der Waals surface area contributed by atoms with Crippen molar-refractivity contribution < 1.29 is 13.2 Å². The molecule has 0 heterocycles. The second-order valence-corrected chi connectivity index (χ2v) is 7.02. The summed E-state index contributed by atoms with van der Waals surface area (Å²) in [7, 11) is -3.85. The highest BCUT2D eigenvalue weighted by molar-refractivity contribution is 7.90. The lowest BCUT2D eigenvalue weighted by molar-refractivity contribution is -0.117. The summed E-state index contributed by atoms with van der Waals surface area (Å²) < 4.78 is 25.5. The molecule has 0 fully saturated rings. The van der Waals surface area contributed by atoms with Gasteiger partial charge in [0, 0.05) is 18.7 Å². The fraction of sp³-hybridized carbons (Fsp3) is 0.0667. The van der Waals surface area contributed by atoms with Crippen molar-refractivity contribution >= 4 is 51.0 Å². The average molecular weight is 371 g/mol. The van der Waals surface area contributed by atoms with Crippen LogP contribution in [0.15, 0.2) is 52.4 Å². The van der Waals surface area contributed by atoms with Gasteiger partial charge in [-0.2, -0.15) is 0 Å². The molecule has 1 N–H and O–H groups in total. The molecule has 1 amide bonds. The minimum atomic E-state index is -3.85. The summed E-state index contributed by atoms with van der Waals surface area (Å²) in [6.45, 7) is 1.13. The second kappa shape index (κ2) is 7.12. The molecule has 0 spiro atoms. The summed E-state index contributed by atoms with van der Waals surface area (Å²) in [6.07, 6.45) is 1.53. The highest BCUT2D eigenvalue weighted by atomic mass is 35.5. The van der Waals surface area contributed by atoms with Gasteiger partial charge in [-0.05, 0) is 30.3 Å². The van der Waals surface area contributed by atoms with Gasteiger partial charge in [-0.1, -0.05) is 35.3 Å². The van der Waals surface area contributed by atoms with Crippen molar-refractivity contribution in [2.75, 3.05) is 0 Å². The number of hydrogen-bond acceptors (Lipinski definition) is 4. The summed E-state index contributed by atoms with van der Waals surface area (Å²) in [5.74, 6) is -0.650. The maximum atomic E-state index is 11.8. The van der Waals surface area contributed by atoms with Crippen LogP contribution in [0.5, 0.6) is 0 Å². The predicted molar refractivity (Wildman–Crippen MR) is 91.2 cm³/mol. The highest BCUT2D eigenvalue weighted by Gasteiger charge is 2.14. The van der Waals surface area contributed by atoms with Gasteiger partial charge in [0.25, 0.3) is 10.0 Å². The minimum absolute atomic E-state index is 0.0209. The van der Waals surface area contributed by atoms with Gasteiger partial charge in [0.1, 0.15) is 0 Å². The first-order valence-corrected chi connectivity index (χ1v) is 8.65. The SMILES string of the molecule is CC(=O)NS(=O)(=O)c1ccc(N=Cc2cccc(Cl)c2Cl)cc1. The fourth-order valence-electron chi connectivity index (χ4n) is 1.72. The average Bonchev–Trinajstić information content (AvgIpc) is 2.48. The van der Waals surface area contributed by atoms with Gasteiger partial charge in [0.05, 0.1) is 20.6 Å². The van der Waals surface area contributed by atoms with E-state index in [0.29, 0.717) is 21.3 Å². The van der Waals surface area contributed by atoms with E-state index in [1.165, 1.54) is 30.5 Å². The van der Waals surface area contributed by atoms with Crippen LogP contribution in [-0.2, 0) is 14.8 Å². The molecule has 120 valence electrons. The number of benzene rings is 2. The molecule has 8 heteroatoms. The Hall–Kier alpha value is -1.89. The zero-order chi connectivity index (χ0) is 17.0. The summed E-state index contributed by atoms with van der Waals surface area (Å²) >= 11 is 12.0. The van der Waals surface area contributed by atoms with E-state index in [-0.39, 0.29) is 4.90 Å². The summed E-state index contributed by atoms with van der Waals surface area (Å²) in [5.41, 5.74) is 1.18. The van der Waals surface area contributed by atoms with Gasteiger partial charge in [0.15, 0.2) is 0 Å². The summed E-state index contributed by atoms with van der Waals surface area (Å²) in [5, 5.41) is 0.815. The first-order chi connectivity index (χ1) is 10.8. The van der Waals surface area contributed by atoms with Crippen molar-refractivity contribution in [1.29, 1.82) is 0 Å². The number of carbonyl (C=O) groups excluding carboxylic acids is 1. The molecule has 2 rings (SSSR count). The molecule has 5 nitrogen and oxygen atoms in total. The van der Waals surface area contributed by atoms with E-state index >= 15 is 0 Å². The molecule has 0 aliphatic rings. The van der Waals surface area contributed by atoms with Gasteiger partial charge >= 0.3 is 0 Å². The summed E-state index contributed by atoms with van der Waals surface area (Å²) in [6, 6.07) is 10.9. The van der Waals surface area contributed by atoms with Crippen LogP contribution in [0.3, 0.4) is 0 Å². The standard InChI is InChI=1S/C15H12Cl2N2O3S/c1-10(20)19-23(21,22)13-7-5-12(6-8-13)18-9-11-3-2-4-14(16)15(11)17/h2-9H,1H3,(H,19,20). The number of carbonyl (C=O) groups is 1. The molecule has 0 saturated heterocycles. The van der Waals surface area contributed by atoms with Crippen molar-refractivity contribution in [2.24, 2.45) is 4.99 Å². The highest BCUT2D eigenvalue weighted by Crippen LogP contribution is 2.25. The Morgan fingerprint density at radius 2 is 1.78 bits per heavy atom. The van der Waals surface area contributed by atoms with Crippen molar-refractivity contribution in [2.45, 2.75) is 11.8 Å². The van der Waals surface area contributed by atoms with E-state index in [1.807, 2.05) is 4.72 Å². The first kappa shape index (κ1) is 17.5. The third-order valence-corrected chi connectivity index (χ3v) is 5.04. The second-order valence-electron chi connectivity index (χ2n) is 4.56. The number of halogens is 2. The van der Waals surface area contributed by atoms with Crippen LogP contribution >= 0.6 is 23.2 Å². The zero-order valence-corrected chi connectivity index (χ0v) is 14.3. The zero-order valence-electron chi connectivity index (χ0n) is 12.0. The normalized spacial score (nSPS) is 11.6. The third kappa shape index (κ3) is 4.54. The van der Waals surface area contributed by atoms with E-state index in [2.05, 4.69) is 4.99 Å². The predicted octanol–water partition coefficient (Wildman–Crippen LogP) is 3.57. The van der Waals surface area contributed by atoms with E-state index < -0.39 is 15.9 Å². The van der Waals surface area contributed by atoms with Gasteiger partial charge in [-0.3, -0.25) is 9.79 Å². The molecule has 0 aliphatic carbocycles. The van der Waals surface area contributed by atoms with Crippen molar-refractivity contribution in [3.05, 3.63) is 58.1 Å². The van der Waals surface area contributed by atoms with Gasteiger partial charge < -0.3 is 0 Å². The molecule has 0 atom stereocenters. The van der Waals surface area contributed by atoms with Crippen LogP contribution in [0.2, 0.25) is 10.0 Å². The molecule has 2 aromatic carbocycles. The van der Waals surface area contributed by atoms with E-state index in [0.717, 1.165) is 6.92 Å². The molecule has 0 unspecified atom stereocenters. The molecule has 0 aromatic heterocycles. The van der Waals surface area contributed by atoms with Crippen LogP contribution in [-0.4, -0.2) is 20.5 Å². The molecule has 2 aromatic rings. The molecule has 0 aliphatic heterocycles. The van der Waals surface area contributed by atoms with E-state index in [1.54, 1.807) is 18.2 Å². The Morgan fingerprint density at radius 3 is 2.39 bits per heavy atom. The van der Waals surface area contributed by atoms with Crippen LogP contribution in [0.1, 0.15) is 12.5 Å². The van der Waals surface area contributed by atoms with Gasteiger partial charge in [-0.15, -0.1) is 0 Å².